The third-order valence-corrected chi connectivity index (χ3v) is 7.30. The lowest BCUT2D eigenvalue weighted by Crippen LogP contribution is -2.38. The van der Waals surface area contributed by atoms with E-state index in [0.717, 1.165) is 33.2 Å². The number of benzene rings is 4. The molecule has 0 aliphatic carbocycles. The van der Waals surface area contributed by atoms with Crippen LogP contribution in [-0.2, 0) is 5.54 Å². The Balaban J connectivity index is 1.44. The first-order valence-electron chi connectivity index (χ1n) is 13.4. The maximum Gasteiger partial charge on any atom is 0.320 e. The standard InChI is InChI=1S/C34H28FN5O/c1-24(25-17-19-30(35)20-18-25)38-33(41)39-32-21-31-26(22-36-32)23-37-40(31)34(27-11-5-2-6-12-27,28-13-7-3-8-14-28)29-15-9-4-10-16-29/h2-24H,1H3,(H2,36,38,39,41)/t24-/m1/s1. The monoisotopic (exact) mass is 541 g/mol. The van der Waals surface area contributed by atoms with Crippen molar-refractivity contribution in [3.05, 3.63) is 162 Å². The molecule has 2 N–H and O–H groups in total. The lowest BCUT2D eigenvalue weighted by molar-refractivity contribution is 0.249. The summed E-state index contributed by atoms with van der Waals surface area (Å²) in [6, 6.07) is 38.0. The number of rotatable bonds is 7. The predicted molar refractivity (Wildman–Crippen MR) is 159 cm³/mol. The van der Waals surface area contributed by atoms with Gasteiger partial charge in [0.25, 0.3) is 0 Å². The zero-order valence-electron chi connectivity index (χ0n) is 22.4. The zero-order valence-corrected chi connectivity index (χ0v) is 22.4. The van der Waals surface area contributed by atoms with Crippen LogP contribution in [0.4, 0.5) is 15.0 Å². The number of carbonyl (C=O) groups is 1. The molecule has 7 heteroatoms. The lowest BCUT2D eigenvalue weighted by atomic mass is 9.77. The summed E-state index contributed by atoms with van der Waals surface area (Å²) < 4.78 is 15.3. The number of fused-ring (bicyclic) bond motifs is 1. The second kappa shape index (κ2) is 11.1. The number of urea groups is 1. The Morgan fingerprint density at radius 1 is 0.780 bits per heavy atom. The maximum atomic E-state index is 13.3. The molecule has 4 aromatic carbocycles. The van der Waals surface area contributed by atoms with Gasteiger partial charge in [-0.2, -0.15) is 5.10 Å². The van der Waals surface area contributed by atoms with E-state index >= 15 is 0 Å². The molecule has 0 aliphatic heterocycles. The van der Waals surface area contributed by atoms with Crippen LogP contribution in [0.15, 0.2) is 134 Å². The minimum Gasteiger partial charge on any atom is -0.331 e. The SMILES string of the molecule is C[C@@H](NC(=O)Nc1cc2c(cn1)cnn2C(c1ccccc1)(c1ccccc1)c1ccccc1)c1ccc(F)cc1. The van der Waals surface area contributed by atoms with Gasteiger partial charge in [-0.05, 0) is 41.3 Å². The molecule has 6 nitrogen and oxygen atoms in total. The second-order valence-electron chi connectivity index (χ2n) is 9.86. The molecule has 1 atom stereocenters. The van der Waals surface area contributed by atoms with Gasteiger partial charge in [0.05, 0.1) is 17.8 Å². The molecule has 0 aliphatic rings. The van der Waals surface area contributed by atoms with E-state index in [-0.39, 0.29) is 11.9 Å². The van der Waals surface area contributed by atoms with Gasteiger partial charge in [0.2, 0.25) is 0 Å². The van der Waals surface area contributed by atoms with Gasteiger partial charge in [0.1, 0.15) is 17.2 Å². The van der Waals surface area contributed by atoms with Crippen molar-refractivity contribution in [2.75, 3.05) is 5.32 Å². The lowest BCUT2D eigenvalue weighted by Gasteiger charge is -2.37. The highest BCUT2D eigenvalue weighted by Crippen LogP contribution is 2.42. The van der Waals surface area contributed by atoms with Gasteiger partial charge in [-0.25, -0.2) is 18.9 Å². The average Bonchev–Trinajstić information content (AvgIpc) is 3.43. The number of carbonyl (C=O) groups excluding carboxylic acids is 1. The number of nitrogens with one attached hydrogen (secondary N) is 2. The summed E-state index contributed by atoms with van der Waals surface area (Å²) in [5, 5.41) is 11.5. The Hall–Kier alpha value is -5.30. The number of halogens is 1. The molecule has 6 rings (SSSR count). The summed E-state index contributed by atoms with van der Waals surface area (Å²) in [5.74, 6) is 0.0586. The van der Waals surface area contributed by atoms with E-state index in [9.17, 15) is 9.18 Å². The molecule has 0 bridgehead atoms. The summed E-state index contributed by atoms with van der Waals surface area (Å²) >= 11 is 0. The van der Waals surface area contributed by atoms with Crippen LogP contribution in [0.3, 0.4) is 0 Å². The fourth-order valence-electron chi connectivity index (χ4n) is 5.34. The fraction of sp³-hybridized carbons (Fsp3) is 0.0882. The number of amides is 2. The van der Waals surface area contributed by atoms with E-state index in [1.54, 1.807) is 24.5 Å². The minimum absolute atomic E-state index is 0.322. The van der Waals surface area contributed by atoms with Crippen molar-refractivity contribution in [1.29, 1.82) is 0 Å². The Morgan fingerprint density at radius 3 is 1.85 bits per heavy atom. The van der Waals surface area contributed by atoms with Gasteiger partial charge in [-0.15, -0.1) is 0 Å². The largest absolute Gasteiger partial charge is 0.331 e. The molecule has 2 aromatic heterocycles. The van der Waals surface area contributed by atoms with E-state index in [2.05, 4.69) is 52.0 Å². The Kier molecular flexibility index (Phi) is 7.00. The van der Waals surface area contributed by atoms with Crippen LogP contribution >= 0.6 is 0 Å². The molecule has 202 valence electrons. The van der Waals surface area contributed by atoms with Gasteiger partial charge in [-0.1, -0.05) is 103 Å². The number of pyridine rings is 1. The van der Waals surface area contributed by atoms with Gasteiger partial charge in [-0.3, -0.25) is 5.32 Å². The fourth-order valence-corrected chi connectivity index (χ4v) is 5.34. The van der Waals surface area contributed by atoms with Crippen molar-refractivity contribution in [2.45, 2.75) is 18.5 Å². The summed E-state index contributed by atoms with van der Waals surface area (Å²) in [7, 11) is 0. The summed E-state index contributed by atoms with van der Waals surface area (Å²) in [6.07, 6.45) is 3.51. The summed E-state index contributed by atoms with van der Waals surface area (Å²) in [5.41, 5.74) is 3.92. The smallest absolute Gasteiger partial charge is 0.320 e. The van der Waals surface area contributed by atoms with Crippen LogP contribution in [0.1, 0.15) is 35.2 Å². The average molecular weight is 542 g/mol. The van der Waals surface area contributed by atoms with Crippen LogP contribution in [0.25, 0.3) is 10.9 Å². The van der Waals surface area contributed by atoms with E-state index in [4.69, 9.17) is 5.10 Å². The molecule has 0 fully saturated rings. The molecule has 0 saturated carbocycles. The maximum absolute atomic E-state index is 13.3. The topological polar surface area (TPSA) is 71.8 Å². The highest BCUT2D eigenvalue weighted by molar-refractivity contribution is 5.91. The van der Waals surface area contributed by atoms with Crippen molar-refractivity contribution in [2.24, 2.45) is 0 Å². The van der Waals surface area contributed by atoms with Crippen LogP contribution in [0.2, 0.25) is 0 Å². The van der Waals surface area contributed by atoms with Crippen LogP contribution in [0.5, 0.6) is 0 Å². The van der Waals surface area contributed by atoms with E-state index < -0.39 is 11.6 Å². The van der Waals surface area contributed by atoms with Crippen LogP contribution in [-0.4, -0.2) is 20.8 Å². The first-order valence-corrected chi connectivity index (χ1v) is 13.4. The number of aromatic nitrogens is 3. The number of hydrogen-bond acceptors (Lipinski definition) is 3. The molecule has 2 amide bonds. The van der Waals surface area contributed by atoms with Gasteiger partial charge in [0.15, 0.2) is 0 Å². The molecular formula is C34H28FN5O. The molecule has 6 aromatic rings. The van der Waals surface area contributed by atoms with Crippen molar-refractivity contribution >= 4 is 22.8 Å². The normalized spacial score (nSPS) is 12.1. The van der Waals surface area contributed by atoms with E-state index in [0.29, 0.717) is 5.82 Å². The first-order chi connectivity index (χ1) is 20.1. The predicted octanol–water partition coefficient (Wildman–Crippen LogP) is 7.29. The number of anilines is 1. The third kappa shape index (κ3) is 4.94. The number of hydrogen-bond donors (Lipinski definition) is 2. The van der Waals surface area contributed by atoms with Crippen molar-refractivity contribution in [1.82, 2.24) is 20.1 Å². The first kappa shape index (κ1) is 26.0. The zero-order chi connectivity index (χ0) is 28.2. The van der Waals surface area contributed by atoms with Crippen molar-refractivity contribution in [3.8, 4) is 0 Å². The van der Waals surface area contributed by atoms with Gasteiger partial charge >= 0.3 is 6.03 Å². The molecule has 0 spiro atoms. The van der Waals surface area contributed by atoms with Gasteiger partial charge < -0.3 is 5.32 Å². The Labute approximate surface area is 237 Å². The minimum atomic E-state index is -0.802. The number of nitrogens with zero attached hydrogens (tertiary/aromatic N) is 3. The van der Waals surface area contributed by atoms with E-state index in [1.807, 2.05) is 72.3 Å². The van der Waals surface area contributed by atoms with Crippen molar-refractivity contribution in [3.63, 3.8) is 0 Å². The van der Waals surface area contributed by atoms with Crippen LogP contribution in [0, 0.1) is 5.82 Å². The quantitative estimate of drug-likeness (QED) is 0.209. The second-order valence-corrected chi connectivity index (χ2v) is 9.86. The molecular weight excluding hydrogens is 513 g/mol. The highest BCUT2D eigenvalue weighted by atomic mass is 19.1. The summed E-state index contributed by atoms with van der Waals surface area (Å²) in [4.78, 5) is 17.4. The molecule has 41 heavy (non-hydrogen) atoms. The molecule has 0 unspecified atom stereocenters. The van der Waals surface area contributed by atoms with Crippen LogP contribution < -0.4 is 10.6 Å². The van der Waals surface area contributed by atoms with E-state index in [1.165, 1.54) is 12.1 Å². The summed E-state index contributed by atoms with van der Waals surface area (Å²) in [6.45, 7) is 1.84. The Bertz CT molecular complexity index is 1670. The Morgan fingerprint density at radius 2 is 1.32 bits per heavy atom. The highest BCUT2D eigenvalue weighted by Gasteiger charge is 2.40. The van der Waals surface area contributed by atoms with Crippen molar-refractivity contribution < 1.29 is 9.18 Å². The molecule has 0 saturated heterocycles. The molecule has 0 radical (unpaired) electrons. The van der Waals surface area contributed by atoms with Gasteiger partial charge in [0, 0.05) is 17.6 Å². The molecule has 2 heterocycles. The third-order valence-electron chi connectivity index (χ3n) is 7.30.